The average Bonchev–Trinajstić information content (AvgIpc) is 3.15. The number of hydrogen-bond donors (Lipinski definition) is 0. The van der Waals surface area contributed by atoms with Gasteiger partial charge in [-0.2, -0.15) is 0 Å². The number of amides is 1. The molecule has 2 aromatic rings. The third-order valence-electron chi connectivity index (χ3n) is 4.30. The van der Waals surface area contributed by atoms with E-state index in [0.717, 1.165) is 30.3 Å². The molecule has 3 nitrogen and oxygen atoms in total. The first-order valence-electron chi connectivity index (χ1n) is 8.63. The van der Waals surface area contributed by atoms with Gasteiger partial charge >= 0.3 is 6.09 Å². The Bertz CT molecular complexity index is 750. The summed E-state index contributed by atoms with van der Waals surface area (Å²) in [6, 6.07) is 12.5. The second-order valence-electron chi connectivity index (χ2n) is 7.55. The third-order valence-corrected chi connectivity index (χ3v) is 5.57. The highest BCUT2D eigenvalue weighted by Crippen LogP contribution is 2.35. The number of rotatable bonds is 3. The van der Waals surface area contributed by atoms with Gasteiger partial charge in [0.15, 0.2) is 0 Å². The van der Waals surface area contributed by atoms with Gasteiger partial charge in [0.05, 0.1) is 4.34 Å². The van der Waals surface area contributed by atoms with Gasteiger partial charge in [-0.25, -0.2) is 4.79 Å². The Morgan fingerprint density at radius 3 is 2.72 bits per heavy atom. The van der Waals surface area contributed by atoms with E-state index in [1.54, 1.807) is 11.3 Å². The van der Waals surface area contributed by atoms with Crippen molar-refractivity contribution in [3.05, 3.63) is 46.3 Å². The molecule has 1 amide bonds. The highest BCUT2D eigenvalue weighted by molar-refractivity contribution is 7.19. The normalized spacial score (nSPS) is 17.8. The van der Waals surface area contributed by atoms with Crippen LogP contribution in [0.3, 0.4) is 0 Å². The Labute approximate surface area is 158 Å². The first kappa shape index (κ1) is 18.3. The second-order valence-corrected chi connectivity index (χ2v) is 9.26. The SMILES string of the molecule is CC(C)(C)OC(=O)N1CC[C@H](Cc2ccccc2-c2ccc(Cl)s2)C1. The van der Waals surface area contributed by atoms with E-state index in [1.807, 2.05) is 31.7 Å². The summed E-state index contributed by atoms with van der Waals surface area (Å²) in [5, 5.41) is 0. The minimum Gasteiger partial charge on any atom is -0.444 e. The zero-order valence-electron chi connectivity index (χ0n) is 14.9. The van der Waals surface area contributed by atoms with Gasteiger partial charge in [0, 0.05) is 18.0 Å². The Hall–Kier alpha value is -1.52. The minimum atomic E-state index is -0.444. The fourth-order valence-corrected chi connectivity index (χ4v) is 4.30. The highest BCUT2D eigenvalue weighted by Gasteiger charge is 2.30. The predicted molar refractivity (Wildman–Crippen MR) is 104 cm³/mol. The van der Waals surface area contributed by atoms with Crippen molar-refractivity contribution in [1.82, 2.24) is 4.90 Å². The van der Waals surface area contributed by atoms with Crippen molar-refractivity contribution < 1.29 is 9.53 Å². The number of benzene rings is 1. The van der Waals surface area contributed by atoms with Crippen molar-refractivity contribution in [2.24, 2.45) is 5.92 Å². The van der Waals surface area contributed by atoms with E-state index < -0.39 is 5.60 Å². The molecule has 1 aromatic carbocycles. The summed E-state index contributed by atoms with van der Waals surface area (Å²) >= 11 is 7.71. The van der Waals surface area contributed by atoms with Crippen LogP contribution in [0.5, 0.6) is 0 Å². The summed E-state index contributed by atoms with van der Waals surface area (Å²) in [7, 11) is 0. The van der Waals surface area contributed by atoms with Gasteiger partial charge < -0.3 is 9.64 Å². The molecular formula is C20H24ClNO2S. The summed E-state index contributed by atoms with van der Waals surface area (Å²) in [5.41, 5.74) is 2.12. The number of carbonyl (C=O) groups excluding carboxylic acids is 1. The van der Waals surface area contributed by atoms with E-state index in [4.69, 9.17) is 16.3 Å². The summed E-state index contributed by atoms with van der Waals surface area (Å²) in [6.07, 6.45) is 1.78. The molecule has 0 saturated carbocycles. The molecule has 1 atom stereocenters. The van der Waals surface area contributed by atoms with Crippen molar-refractivity contribution in [2.45, 2.75) is 39.2 Å². The lowest BCUT2D eigenvalue weighted by Crippen LogP contribution is -2.35. The number of ether oxygens (including phenoxy) is 1. The molecule has 3 rings (SSSR count). The summed E-state index contributed by atoms with van der Waals surface area (Å²) in [5.74, 6) is 0.462. The fourth-order valence-electron chi connectivity index (χ4n) is 3.20. The van der Waals surface area contributed by atoms with Gasteiger partial charge in [-0.15, -0.1) is 11.3 Å². The molecule has 1 saturated heterocycles. The van der Waals surface area contributed by atoms with Crippen LogP contribution in [-0.2, 0) is 11.2 Å². The molecular weight excluding hydrogens is 354 g/mol. The first-order valence-corrected chi connectivity index (χ1v) is 9.83. The number of thiophene rings is 1. The van der Waals surface area contributed by atoms with Crippen LogP contribution in [0.25, 0.3) is 10.4 Å². The van der Waals surface area contributed by atoms with E-state index in [1.165, 1.54) is 16.0 Å². The molecule has 0 N–H and O–H groups in total. The maximum atomic E-state index is 12.2. The molecule has 0 unspecified atom stereocenters. The first-order chi connectivity index (χ1) is 11.8. The predicted octanol–water partition coefficient (Wildman–Crippen LogP) is 5.87. The van der Waals surface area contributed by atoms with Gasteiger partial charge in [-0.3, -0.25) is 0 Å². The van der Waals surface area contributed by atoms with E-state index in [-0.39, 0.29) is 6.09 Å². The van der Waals surface area contributed by atoms with Crippen LogP contribution in [0.4, 0.5) is 4.79 Å². The molecule has 1 aliphatic heterocycles. The lowest BCUT2D eigenvalue weighted by Gasteiger charge is -2.24. The molecule has 1 aromatic heterocycles. The number of nitrogens with zero attached hydrogens (tertiary/aromatic N) is 1. The molecule has 134 valence electrons. The maximum absolute atomic E-state index is 12.2. The monoisotopic (exact) mass is 377 g/mol. The molecule has 0 radical (unpaired) electrons. The van der Waals surface area contributed by atoms with Gasteiger partial charge in [-0.05, 0) is 62.8 Å². The van der Waals surface area contributed by atoms with E-state index >= 15 is 0 Å². The molecule has 2 heterocycles. The zero-order chi connectivity index (χ0) is 18.0. The van der Waals surface area contributed by atoms with Crippen LogP contribution in [-0.4, -0.2) is 29.7 Å². The molecule has 1 fully saturated rings. The number of likely N-dealkylation sites (tertiary alicyclic amines) is 1. The highest BCUT2D eigenvalue weighted by atomic mass is 35.5. The Morgan fingerprint density at radius 1 is 1.28 bits per heavy atom. The van der Waals surface area contributed by atoms with Crippen LogP contribution in [0.2, 0.25) is 4.34 Å². The molecule has 0 spiro atoms. The van der Waals surface area contributed by atoms with Gasteiger partial charge in [0.2, 0.25) is 0 Å². The number of halogens is 1. The van der Waals surface area contributed by atoms with Gasteiger partial charge in [0.25, 0.3) is 0 Å². The fraction of sp³-hybridized carbons (Fsp3) is 0.450. The van der Waals surface area contributed by atoms with Crippen molar-refractivity contribution in [1.29, 1.82) is 0 Å². The van der Waals surface area contributed by atoms with Crippen molar-refractivity contribution >= 4 is 29.0 Å². The largest absolute Gasteiger partial charge is 0.444 e. The third kappa shape index (κ3) is 4.77. The summed E-state index contributed by atoms with van der Waals surface area (Å²) in [6.45, 7) is 7.24. The lowest BCUT2D eigenvalue weighted by molar-refractivity contribution is 0.0288. The maximum Gasteiger partial charge on any atom is 0.410 e. The quantitative estimate of drug-likeness (QED) is 0.669. The van der Waals surface area contributed by atoms with E-state index in [9.17, 15) is 4.79 Å². The van der Waals surface area contributed by atoms with Gasteiger partial charge in [0.1, 0.15) is 5.60 Å². The summed E-state index contributed by atoms with van der Waals surface area (Å²) in [4.78, 5) is 15.3. The van der Waals surface area contributed by atoms with Crippen LogP contribution < -0.4 is 0 Å². The van der Waals surface area contributed by atoms with E-state index in [0.29, 0.717) is 5.92 Å². The molecule has 0 aliphatic carbocycles. The van der Waals surface area contributed by atoms with Crippen molar-refractivity contribution in [2.75, 3.05) is 13.1 Å². The van der Waals surface area contributed by atoms with Crippen LogP contribution in [0.1, 0.15) is 32.8 Å². The molecule has 0 bridgehead atoms. The van der Waals surface area contributed by atoms with Crippen molar-refractivity contribution in [3.8, 4) is 10.4 Å². The average molecular weight is 378 g/mol. The molecule has 5 heteroatoms. The minimum absolute atomic E-state index is 0.201. The van der Waals surface area contributed by atoms with Crippen LogP contribution in [0, 0.1) is 5.92 Å². The molecule has 25 heavy (non-hydrogen) atoms. The summed E-state index contributed by atoms with van der Waals surface area (Å²) < 4.78 is 6.30. The lowest BCUT2D eigenvalue weighted by atomic mass is 9.94. The topological polar surface area (TPSA) is 29.5 Å². The Kier molecular flexibility index (Phi) is 5.40. The van der Waals surface area contributed by atoms with Crippen molar-refractivity contribution in [3.63, 3.8) is 0 Å². The number of carbonyl (C=O) groups is 1. The smallest absolute Gasteiger partial charge is 0.410 e. The van der Waals surface area contributed by atoms with Crippen LogP contribution in [0.15, 0.2) is 36.4 Å². The number of hydrogen-bond acceptors (Lipinski definition) is 3. The second kappa shape index (κ2) is 7.38. The Balaban J connectivity index is 1.67. The Morgan fingerprint density at radius 2 is 2.04 bits per heavy atom. The zero-order valence-corrected chi connectivity index (χ0v) is 16.5. The standard InChI is InChI=1S/C20H24ClNO2S/c1-20(2,3)24-19(23)22-11-10-14(13-22)12-15-6-4-5-7-16(15)17-8-9-18(21)25-17/h4-9,14H,10-13H2,1-3H3/t14-/m1/s1. The van der Waals surface area contributed by atoms with E-state index in [2.05, 4.69) is 30.3 Å². The van der Waals surface area contributed by atoms with Gasteiger partial charge in [-0.1, -0.05) is 35.9 Å². The van der Waals surface area contributed by atoms with Crippen LogP contribution >= 0.6 is 22.9 Å². The molecule has 1 aliphatic rings.